The number of benzene rings is 1. The summed E-state index contributed by atoms with van der Waals surface area (Å²) >= 11 is 0. The minimum atomic E-state index is -3.48. The summed E-state index contributed by atoms with van der Waals surface area (Å²) in [7, 11) is -3.48. The molecular formula is C15H24N2O2S. The van der Waals surface area contributed by atoms with E-state index in [1.54, 1.807) is 19.1 Å². The molecule has 112 valence electrons. The van der Waals surface area contributed by atoms with Crippen LogP contribution in [0.2, 0.25) is 0 Å². The number of hydrogen-bond donors (Lipinski definition) is 2. The smallest absolute Gasteiger partial charge is 0.241 e. The predicted octanol–water partition coefficient (Wildman–Crippen LogP) is 2.82. The van der Waals surface area contributed by atoms with Gasteiger partial charge in [0.2, 0.25) is 10.0 Å². The molecule has 0 spiro atoms. The first kappa shape index (κ1) is 15.3. The van der Waals surface area contributed by atoms with Gasteiger partial charge in [-0.15, -0.1) is 0 Å². The Labute approximate surface area is 121 Å². The zero-order valence-corrected chi connectivity index (χ0v) is 13.0. The van der Waals surface area contributed by atoms with Crippen LogP contribution >= 0.6 is 0 Å². The molecule has 4 nitrogen and oxygen atoms in total. The Morgan fingerprint density at radius 3 is 2.70 bits per heavy atom. The van der Waals surface area contributed by atoms with Gasteiger partial charge >= 0.3 is 0 Å². The van der Waals surface area contributed by atoms with Gasteiger partial charge in [0.25, 0.3) is 0 Å². The normalized spacial score (nSPS) is 24.3. The van der Waals surface area contributed by atoms with Crippen LogP contribution in [0.4, 0.5) is 5.69 Å². The van der Waals surface area contributed by atoms with Crippen molar-refractivity contribution in [1.82, 2.24) is 4.72 Å². The summed E-state index contributed by atoms with van der Waals surface area (Å²) in [4.78, 5) is 0.301. The minimum absolute atomic E-state index is 0.0470. The lowest BCUT2D eigenvalue weighted by Crippen LogP contribution is -2.34. The maximum absolute atomic E-state index is 12.5. The highest BCUT2D eigenvalue weighted by molar-refractivity contribution is 7.89. The van der Waals surface area contributed by atoms with E-state index in [9.17, 15) is 8.42 Å². The number of aryl methyl sites for hydroxylation is 1. The fourth-order valence-corrected chi connectivity index (χ4v) is 4.38. The summed E-state index contributed by atoms with van der Waals surface area (Å²) in [5.41, 5.74) is 6.92. The molecule has 2 unspecified atom stereocenters. The van der Waals surface area contributed by atoms with Crippen LogP contribution in [0.15, 0.2) is 23.1 Å². The Morgan fingerprint density at radius 2 is 1.95 bits per heavy atom. The van der Waals surface area contributed by atoms with Crippen LogP contribution < -0.4 is 10.5 Å². The van der Waals surface area contributed by atoms with E-state index in [1.807, 2.05) is 0 Å². The van der Waals surface area contributed by atoms with Gasteiger partial charge < -0.3 is 5.73 Å². The van der Waals surface area contributed by atoms with E-state index >= 15 is 0 Å². The van der Waals surface area contributed by atoms with Crippen LogP contribution in [0.25, 0.3) is 0 Å². The van der Waals surface area contributed by atoms with Gasteiger partial charge in [0, 0.05) is 11.7 Å². The first-order valence-electron chi connectivity index (χ1n) is 7.27. The molecule has 0 bridgehead atoms. The van der Waals surface area contributed by atoms with Crippen LogP contribution in [0.1, 0.15) is 44.6 Å². The molecule has 1 aliphatic carbocycles. The molecule has 2 atom stereocenters. The third-order valence-electron chi connectivity index (χ3n) is 4.08. The van der Waals surface area contributed by atoms with Crippen LogP contribution in [0.3, 0.4) is 0 Å². The fourth-order valence-electron chi connectivity index (χ4n) is 2.79. The number of nitrogens with two attached hydrogens (primary N) is 1. The molecule has 0 heterocycles. The first-order valence-corrected chi connectivity index (χ1v) is 8.75. The van der Waals surface area contributed by atoms with Crippen molar-refractivity contribution < 1.29 is 8.42 Å². The molecule has 1 aromatic rings. The summed E-state index contributed by atoms with van der Waals surface area (Å²) in [6.07, 6.45) is 5.20. The lowest BCUT2D eigenvalue weighted by molar-refractivity contribution is 0.484. The van der Waals surface area contributed by atoms with Crippen LogP contribution in [-0.2, 0) is 10.0 Å². The van der Waals surface area contributed by atoms with Gasteiger partial charge in [0.05, 0.1) is 4.90 Å². The summed E-state index contributed by atoms with van der Waals surface area (Å²) in [6.45, 7) is 4.03. The second-order valence-corrected chi connectivity index (χ2v) is 7.64. The van der Waals surface area contributed by atoms with Crippen LogP contribution in [0, 0.1) is 12.8 Å². The highest BCUT2D eigenvalue weighted by atomic mass is 32.2. The molecular weight excluding hydrogens is 272 g/mol. The Balaban J connectivity index is 2.16. The zero-order chi connectivity index (χ0) is 14.8. The van der Waals surface area contributed by atoms with E-state index in [0.29, 0.717) is 16.5 Å². The van der Waals surface area contributed by atoms with Crippen molar-refractivity contribution in [3.8, 4) is 0 Å². The first-order chi connectivity index (χ1) is 9.38. The van der Waals surface area contributed by atoms with Gasteiger partial charge in [-0.05, 0) is 49.8 Å². The van der Waals surface area contributed by atoms with Gasteiger partial charge in [-0.2, -0.15) is 0 Å². The standard InChI is InChI=1S/C15H24N2O2S/c1-11-4-3-5-14(9-6-11)17-20(18,19)15-10-13(16)8-7-12(15)2/h7-8,10-11,14,17H,3-6,9,16H2,1-2H3. The summed E-state index contributed by atoms with van der Waals surface area (Å²) in [5, 5.41) is 0. The molecule has 1 saturated carbocycles. The second-order valence-electron chi connectivity index (χ2n) is 5.96. The Hall–Kier alpha value is -1.07. The molecule has 2 rings (SSSR count). The van der Waals surface area contributed by atoms with Gasteiger partial charge in [0.1, 0.15) is 0 Å². The van der Waals surface area contributed by atoms with Crippen LogP contribution in [0.5, 0.6) is 0 Å². The number of anilines is 1. The predicted molar refractivity (Wildman–Crippen MR) is 81.9 cm³/mol. The number of nitrogen functional groups attached to an aromatic ring is 1. The quantitative estimate of drug-likeness (QED) is 0.665. The van der Waals surface area contributed by atoms with Gasteiger partial charge in [-0.25, -0.2) is 13.1 Å². The lowest BCUT2D eigenvalue weighted by atomic mass is 10.0. The van der Waals surface area contributed by atoms with Crippen molar-refractivity contribution in [2.45, 2.75) is 56.9 Å². The molecule has 0 aliphatic heterocycles. The number of nitrogens with one attached hydrogen (secondary N) is 1. The van der Waals surface area contributed by atoms with Crippen molar-refractivity contribution in [1.29, 1.82) is 0 Å². The largest absolute Gasteiger partial charge is 0.399 e. The van der Waals surface area contributed by atoms with E-state index < -0.39 is 10.0 Å². The highest BCUT2D eigenvalue weighted by Gasteiger charge is 2.24. The summed E-state index contributed by atoms with van der Waals surface area (Å²) < 4.78 is 27.9. The minimum Gasteiger partial charge on any atom is -0.399 e. The highest BCUT2D eigenvalue weighted by Crippen LogP contribution is 2.25. The Kier molecular flexibility index (Phi) is 4.70. The van der Waals surface area contributed by atoms with Gasteiger partial charge in [-0.1, -0.05) is 25.8 Å². The van der Waals surface area contributed by atoms with E-state index in [-0.39, 0.29) is 6.04 Å². The second kappa shape index (κ2) is 6.14. The van der Waals surface area contributed by atoms with Gasteiger partial charge in [0.15, 0.2) is 0 Å². The van der Waals surface area contributed by atoms with Crippen molar-refractivity contribution >= 4 is 15.7 Å². The third-order valence-corrected chi connectivity index (χ3v) is 5.74. The Morgan fingerprint density at radius 1 is 1.20 bits per heavy atom. The monoisotopic (exact) mass is 296 g/mol. The molecule has 3 N–H and O–H groups in total. The van der Waals surface area contributed by atoms with Crippen molar-refractivity contribution in [3.05, 3.63) is 23.8 Å². The van der Waals surface area contributed by atoms with Gasteiger partial charge in [-0.3, -0.25) is 0 Å². The molecule has 1 aliphatic rings. The molecule has 0 saturated heterocycles. The molecule has 0 radical (unpaired) electrons. The maximum atomic E-state index is 12.5. The summed E-state index contributed by atoms with van der Waals surface area (Å²) in [5.74, 6) is 0.693. The van der Waals surface area contributed by atoms with E-state index in [0.717, 1.165) is 31.2 Å². The zero-order valence-electron chi connectivity index (χ0n) is 12.2. The maximum Gasteiger partial charge on any atom is 0.241 e. The lowest BCUT2D eigenvalue weighted by Gasteiger charge is -2.17. The fraction of sp³-hybridized carbons (Fsp3) is 0.600. The summed E-state index contributed by atoms with van der Waals surface area (Å²) in [6, 6.07) is 5.06. The van der Waals surface area contributed by atoms with E-state index in [1.165, 1.54) is 12.5 Å². The number of sulfonamides is 1. The van der Waals surface area contributed by atoms with Crippen molar-refractivity contribution in [3.63, 3.8) is 0 Å². The number of rotatable bonds is 3. The van der Waals surface area contributed by atoms with Crippen molar-refractivity contribution in [2.75, 3.05) is 5.73 Å². The SMILES string of the molecule is Cc1ccc(N)cc1S(=O)(=O)NC1CCCC(C)CC1. The van der Waals surface area contributed by atoms with Crippen molar-refractivity contribution in [2.24, 2.45) is 5.92 Å². The Bertz CT molecular complexity index is 569. The molecule has 0 amide bonds. The average molecular weight is 296 g/mol. The molecule has 5 heteroatoms. The molecule has 0 aromatic heterocycles. The average Bonchev–Trinajstić information content (AvgIpc) is 2.57. The van der Waals surface area contributed by atoms with E-state index in [4.69, 9.17) is 5.73 Å². The molecule has 1 aromatic carbocycles. The molecule has 20 heavy (non-hydrogen) atoms. The molecule has 1 fully saturated rings. The number of hydrogen-bond acceptors (Lipinski definition) is 3. The topological polar surface area (TPSA) is 72.2 Å². The third kappa shape index (κ3) is 3.73. The van der Waals surface area contributed by atoms with E-state index in [2.05, 4.69) is 11.6 Å². The van der Waals surface area contributed by atoms with Crippen LogP contribution in [-0.4, -0.2) is 14.5 Å².